The molecule has 0 N–H and O–H groups in total. The number of rotatable bonds is 52. The third-order valence-corrected chi connectivity index (χ3v) is 15.8. The lowest BCUT2D eigenvalue weighted by Gasteiger charge is -2.36. The van der Waals surface area contributed by atoms with Crippen LogP contribution in [0.3, 0.4) is 0 Å². The molecule has 2 aliphatic rings. The Morgan fingerprint density at radius 1 is 0.433 bits per heavy atom. The van der Waals surface area contributed by atoms with Crippen LogP contribution in [0.15, 0.2) is 11.6 Å². The van der Waals surface area contributed by atoms with Crippen molar-refractivity contribution in [2.45, 2.75) is 304 Å². The maximum atomic E-state index is 14.3. The van der Waals surface area contributed by atoms with Crippen molar-refractivity contribution in [3.05, 3.63) is 11.6 Å². The number of carbonyl (C=O) groups is 1. The quantitative estimate of drug-likeness (QED) is 0.0449. The summed E-state index contributed by atoms with van der Waals surface area (Å²) in [5.41, 5.74) is 1.71. The van der Waals surface area contributed by atoms with Crippen LogP contribution in [-0.2, 0) is 4.79 Å². The first-order valence-corrected chi connectivity index (χ1v) is 31.2. The van der Waals surface area contributed by atoms with Gasteiger partial charge in [0.15, 0.2) is 0 Å². The summed E-state index contributed by atoms with van der Waals surface area (Å²) in [6, 6.07) is 0. The van der Waals surface area contributed by atoms with E-state index in [4.69, 9.17) is 0 Å². The molecule has 0 spiro atoms. The Bertz CT molecular complexity index is 1050. The maximum Gasteiger partial charge on any atom is 0.236 e. The summed E-state index contributed by atoms with van der Waals surface area (Å²) >= 11 is 0. The van der Waals surface area contributed by atoms with Crippen LogP contribution in [0.2, 0.25) is 0 Å². The number of unbranched alkanes of at least 4 members (excludes halogenated alkanes) is 33. The van der Waals surface area contributed by atoms with E-state index in [1.54, 1.807) is 5.57 Å². The van der Waals surface area contributed by atoms with Crippen LogP contribution in [-0.4, -0.2) is 97.5 Å². The SMILES string of the molecule is CCCCCCCCCCCCCCN(CCCCCCC=C1CC1)CCC1CCCN(C(=O)CN(CCCCCCCCC)CCN(CCCCCCCCC)CCCCCCCCC)C1. The van der Waals surface area contributed by atoms with Gasteiger partial charge in [0.25, 0.3) is 0 Å². The number of amides is 1. The fourth-order valence-corrected chi connectivity index (χ4v) is 10.9. The minimum absolute atomic E-state index is 0.420. The summed E-state index contributed by atoms with van der Waals surface area (Å²) in [5.74, 6) is 1.08. The first-order chi connectivity index (χ1) is 33.1. The van der Waals surface area contributed by atoms with Crippen molar-refractivity contribution in [1.29, 1.82) is 0 Å². The van der Waals surface area contributed by atoms with Gasteiger partial charge in [-0.15, -0.1) is 0 Å². The molecule has 5 nitrogen and oxygen atoms in total. The molecular weight excluding hydrogens is 817 g/mol. The lowest BCUT2D eigenvalue weighted by Crippen LogP contribution is -2.47. The number of piperidine rings is 1. The topological polar surface area (TPSA) is 30.0 Å². The van der Waals surface area contributed by atoms with Crippen molar-refractivity contribution in [3.63, 3.8) is 0 Å². The molecule has 2 fully saturated rings. The summed E-state index contributed by atoms with van der Waals surface area (Å²) in [4.78, 5) is 24.8. The number of carbonyl (C=O) groups excluding carboxylic acids is 1. The van der Waals surface area contributed by atoms with Crippen LogP contribution < -0.4 is 0 Å². The van der Waals surface area contributed by atoms with Gasteiger partial charge in [-0.25, -0.2) is 0 Å². The van der Waals surface area contributed by atoms with Crippen LogP contribution in [0, 0.1) is 5.92 Å². The van der Waals surface area contributed by atoms with Crippen molar-refractivity contribution < 1.29 is 4.79 Å². The fraction of sp³-hybridized carbons (Fsp3) is 0.952. The van der Waals surface area contributed by atoms with Crippen molar-refractivity contribution in [3.8, 4) is 0 Å². The molecule has 67 heavy (non-hydrogen) atoms. The van der Waals surface area contributed by atoms with Gasteiger partial charge >= 0.3 is 0 Å². The molecule has 1 heterocycles. The zero-order valence-corrected chi connectivity index (χ0v) is 46.5. The monoisotopic (exact) mass is 939 g/mol. The predicted molar refractivity (Wildman–Crippen MR) is 299 cm³/mol. The fourth-order valence-electron chi connectivity index (χ4n) is 10.9. The second-order valence-electron chi connectivity index (χ2n) is 22.4. The lowest BCUT2D eigenvalue weighted by molar-refractivity contribution is -0.134. The van der Waals surface area contributed by atoms with Gasteiger partial charge in [-0.2, -0.15) is 0 Å². The molecule has 0 aromatic heterocycles. The summed E-state index contributed by atoms with van der Waals surface area (Å²) in [6.45, 7) is 21.4. The van der Waals surface area contributed by atoms with E-state index in [-0.39, 0.29) is 0 Å². The summed E-state index contributed by atoms with van der Waals surface area (Å²) < 4.78 is 0. The van der Waals surface area contributed by atoms with Crippen molar-refractivity contribution in [2.75, 3.05) is 72.0 Å². The zero-order valence-electron chi connectivity index (χ0n) is 46.5. The van der Waals surface area contributed by atoms with E-state index in [0.29, 0.717) is 18.4 Å². The Morgan fingerprint density at radius 2 is 0.776 bits per heavy atom. The highest BCUT2D eigenvalue weighted by molar-refractivity contribution is 5.78. The number of nitrogens with zero attached hydrogens (tertiary/aromatic N) is 4. The van der Waals surface area contributed by atoms with Gasteiger partial charge in [-0.05, 0) is 122 Å². The smallest absolute Gasteiger partial charge is 0.236 e. The van der Waals surface area contributed by atoms with Gasteiger partial charge in [0.05, 0.1) is 6.54 Å². The molecule has 0 radical (unpaired) electrons. The van der Waals surface area contributed by atoms with E-state index in [1.165, 1.54) is 309 Å². The van der Waals surface area contributed by atoms with E-state index in [2.05, 4.69) is 53.4 Å². The van der Waals surface area contributed by atoms with E-state index >= 15 is 0 Å². The van der Waals surface area contributed by atoms with Crippen molar-refractivity contribution in [2.24, 2.45) is 5.92 Å². The second kappa shape index (κ2) is 47.4. The Labute approximate surface area is 422 Å². The van der Waals surface area contributed by atoms with Gasteiger partial charge in [0.2, 0.25) is 5.91 Å². The normalized spacial score (nSPS) is 15.2. The highest BCUT2D eigenvalue weighted by Crippen LogP contribution is 2.28. The Balaban J connectivity index is 1.91. The number of hydrogen-bond acceptors (Lipinski definition) is 4. The standard InChI is InChI=1S/C62H122N4O/c1-5-9-13-17-21-22-23-24-25-29-34-38-49-63(50-39-36-30-31-37-44-60-46-47-60)55-48-61-45-43-54-66(58-61)62(67)59-65(53-42-35-28-20-16-12-8-4)57-56-64(51-40-32-26-18-14-10-6-2)52-41-33-27-19-15-11-7-3/h44,61H,5-43,45-59H2,1-4H3. The van der Waals surface area contributed by atoms with Gasteiger partial charge in [0.1, 0.15) is 0 Å². The minimum atomic E-state index is 0.420. The third-order valence-electron chi connectivity index (χ3n) is 15.8. The average molecular weight is 940 g/mol. The molecule has 396 valence electrons. The molecule has 1 atom stereocenters. The maximum absolute atomic E-state index is 14.3. The van der Waals surface area contributed by atoms with Crippen LogP contribution >= 0.6 is 0 Å². The van der Waals surface area contributed by atoms with Gasteiger partial charge in [-0.1, -0.05) is 238 Å². The Morgan fingerprint density at radius 3 is 1.18 bits per heavy atom. The van der Waals surface area contributed by atoms with E-state index in [0.717, 1.165) is 32.7 Å². The number of allylic oxidation sites excluding steroid dienone is 2. The number of likely N-dealkylation sites (tertiary alicyclic amines) is 1. The predicted octanol–water partition coefficient (Wildman–Crippen LogP) is 18.1. The van der Waals surface area contributed by atoms with Crippen LogP contribution in [0.1, 0.15) is 304 Å². The van der Waals surface area contributed by atoms with Gasteiger partial charge in [0, 0.05) is 26.2 Å². The summed E-state index contributed by atoms with van der Waals surface area (Å²) in [5, 5.41) is 0. The van der Waals surface area contributed by atoms with Crippen molar-refractivity contribution >= 4 is 5.91 Å². The van der Waals surface area contributed by atoms with Crippen LogP contribution in [0.5, 0.6) is 0 Å². The number of hydrogen-bond donors (Lipinski definition) is 0. The van der Waals surface area contributed by atoms with Crippen molar-refractivity contribution in [1.82, 2.24) is 19.6 Å². The molecule has 0 bridgehead atoms. The largest absolute Gasteiger partial charge is 0.341 e. The third kappa shape index (κ3) is 39.4. The molecule has 1 aliphatic carbocycles. The molecule has 1 saturated carbocycles. The molecule has 1 amide bonds. The summed E-state index contributed by atoms with van der Waals surface area (Å²) in [6.07, 6.45) is 61.6. The highest BCUT2D eigenvalue weighted by Gasteiger charge is 2.25. The first kappa shape index (κ1) is 62.2. The Kier molecular flexibility index (Phi) is 44.0. The van der Waals surface area contributed by atoms with Gasteiger partial charge in [-0.3, -0.25) is 9.69 Å². The van der Waals surface area contributed by atoms with Crippen LogP contribution in [0.25, 0.3) is 0 Å². The molecule has 5 heteroatoms. The van der Waals surface area contributed by atoms with E-state index in [9.17, 15) is 4.79 Å². The summed E-state index contributed by atoms with van der Waals surface area (Å²) in [7, 11) is 0. The molecule has 1 saturated heterocycles. The average Bonchev–Trinajstić information content (AvgIpc) is 4.18. The van der Waals surface area contributed by atoms with Crippen LogP contribution in [0.4, 0.5) is 0 Å². The molecular formula is C62H122N4O. The molecule has 1 unspecified atom stereocenters. The molecule has 1 aliphatic heterocycles. The second-order valence-corrected chi connectivity index (χ2v) is 22.4. The van der Waals surface area contributed by atoms with E-state index < -0.39 is 0 Å². The minimum Gasteiger partial charge on any atom is -0.341 e. The van der Waals surface area contributed by atoms with E-state index in [1.807, 2.05) is 0 Å². The zero-order chi connectivity index (χ0) is 47.9. The molecule has 0 aromatic rings. The lowest BCUT2D eigenvalue weighted by atomic mass is 9.94. The highest BCUT2D eigenvalue weighted by atomic mass is 16.2. The molecule has 0 aromatic carbocycles. The first-order valence-electron chi connectivity index (χ1n) is 31.2. The molecule has 2 rings (SSSR count). The Hall–Kier alpha value is -0.910. The van der Waals surface area contributed by atoms with Gasteiger partial charge < -0.3 is 14.7 Å².